The molecule has 66 valence electrons. The molecule has 0 aliphatic heterocycles. The lowest BCUT2D eigenvalue weighted by molar-refractivity contribution is 0.949. The maximum atomic E-state index is 5.98. The summed E-state index contributed by atoms with van der Waals surface area (Å²) < 4.78 is 0. The Hall–Kier alpha value is 0.150. The van der Waals surface area contributed by atoms with Crippen LogP contribution in [-0.4, -0.2) is 5.25 Å². The molecule has 0 aromatic heterocycles. The van der Waals surface area contributed by atoms with Crippen LogP contribution in [0.4, 0.5) is 0 Å². The van der Waals surface area contributed by atoms with Crippen LogP contribution in [0, 0.1) is 0 Å². The minimum absolute atomic E-state index is 0.418. The van der Waals surface area contributed by atoms with Gasteiger partial charge in [0.05, 0.1) is 10.0 Å². The van der Waals surface area contributed by atoms with Gasteiger partial charge in [-0.2, -0.15) is 0 Å². The summed E-state index contributed by atoms with van der Waals surface area (Å²) in [6.07, 6.45) is 0.899. The third kappa shape index (κ3) is 2.58. The van der Waals surface area contributed by atoms with Crippen molar-refractivity contribution >= 4 is 35.8 Å². The first-order valence-corrected chi connectivity index (χ1v) is 5.08. The van der Waals surface area contributed by atoms with Crippen molar-refractivity contribution in [1.29, 1.82) is 0 Å². The molecule has 0 N–H and O–H groups in total. The molecule has 0 radical (unpaired) electrons. The topological polar surface area (TPSA) is 0 Å². The smallest absolute Gasteiger partial charge is 0.0827 e. The Balaban J connectivity index is 2.92. The fourth-order valence-corrected chi connectivity index (χ4v) is 1.65. The van der Waals surface area contributed by atoms with Gasteiger partial charge in [-0.15, -0.1) is 0 Å². The maximum Gasteiger partial charge on any atom is 0.115 e. The quantitative estimate of drug-likeness (QED) is 0.675. The van der Waals surface area contributed by atoms with E-state index >= 15 is 0 Å². The minimum Gasteiger partial charge on any atom is -0.0827 e. The summed E-state index contributed by atoms with van der Waals surface area (Å²) in [7, 11) is 0. The van der Waals surface area contributed by atoms with Gasteiger partial charge in [-0.05, 0) is 31.2 Å². The van der Waals surface area contributed by atoms with Gasteiger partial charge < -0.3 is 0 Å². The lowest BCUT2D eigenvalue weighted by Crippen LogP contribution is -2.01. The van der Waals surface area contributed by atoms with Crippen molar-refractivity contribution in [2.24, 2.45) is 0 Å². The summed E-state index contributed by atoms with van der Waals surface area (Å²) in [6, 6.07) is 5.70. The molecule has 0 heterocycles. The Morgan fingerprint density at radius 3 is 2.67 bits per heavy atom. The molecule has 0 saturated heterocycles. The first kappa shape index (κ1) is 10.2. The van der Waals surface area contributed by atoms with E-state index < -0.39 is 0 Å². The number of rotatable bonds is 2. The molecule has 0 fully saturated rings. The molecule has 1 atom stereocenters. The van der Waals surface area contributed by atoms with Crippen LogP contribution >= 0.6 is 23.2 Å². The van der Waals surface area contributed by atoms with Crippen LogP contribution < -0.4 is 0 Å². The van der Waals surface area contributed by atoms with Crippen molar-refractivity contribution in [3.63, 3.8) is 0 Å². The van der Waals surface area contributed by atoms with E-state index in [2.05, 4.69) is 19.6 Å². The third-order valence-electron chi connectivity index (χ3n) is 1.56. The Bertz CT molecular complexity index is 271. The number of hydrogen-bond donors (Lipinski definition) is 0. The summed E-state index contributed by atoms with van der Waals surface area (Å²) in [5.41, 5.74) is 1.09. The maximum absolute atomic E-state index is 5.98. The van der Waals surface area contributed by atoms with Gasteiger partial charge in [0.15, 0.2) is 0 Å². The van der Waals surface area contributed by atoms with Crippen LogP contribution in [0.3, 0.4) is 0 Å². The van der Waals surface area contributed by atoms with E-state index in [1.807, 2.05) is 12.1 Å². The highest BCUT2D eigenvalue weighted by atomic mass is 35.5. The average molecular weight is 222 g/mol. The van der Waals surface area contributed by atoms with Gasteiger partial charge in [-0.3, -0.25) is 0 Å². The van der Waals surface area contributed by atoms with Crippen molar-refractivity contribution in [2.45, 2.75) is 18.6 Å². The Labute approximate surface area is 88.3 Å². The zero-order valence-corrected chi connectivity index (χ0v) is 9.28. The first-order valence-electron chi connectivity index (χ1n) is 3.75. The second kappa shape index (κ2) is 4.40. The van der Waals surface area contributed by atoms with Crippen molar-refractivity contribution < 1.29 is 0 Å². The summed E-state index contributed by atoms with van der Waals surface area (Å²) >= 11 is 15.3. The summed E-state index contributed by atoms with van der Waals surface area (Å²) in [6.45, 7) is 2.08. The Morgan fingerprint density at radius 1 is 1.42 bits per heavy atom. The molecule has 0 nitrogen and oxygen atoms in total. The molecule has 3 heteroatoms. The van der Waals surface area contributed by atoms with E-state index in [1.54, 1.807) is 6.07 Å². The SMILES string of the molecule is CC([SH2+])Cc1cccc(Cl)c1Cl. The number of hydrogen-bond acceptors (Lipinski definition) is 0. The van der Waals surface area contributed by atoms with E-state index in [9.17, 15) is 0 Å². The molecule has 0 bridgehead atoms. The highest BCUT2D eigenvalue weighted by Crippen LogP contribution is 2.26. The van der Waals surface area contributed by atoms with Crippen LogP contribution in [0.25, 0.3) is 0 Å². The molecular formula is C9H11Cl2S+. The summed E-state index contributed by atoms with van der Waals surface area (Å²) in [5.74, 6) is 0. The monoisotopic (exact) mass is 221 g/mol. The number of benzene rings is 1. The lowest BCUT2D eigenvalue weighted by atomic mass is 10.1. The van der Waals surface area contributed by atoms with E-state index in [0.29, 0.717) is 15.3 Å². The largest absolute Gasteiger partial charge is 0.115 e. The predicted molar refractivity (Wildman–Crippen MR) is 59.8 cm³/mol. The molecule has 0 saturated carbocycles. The van der Waals surface area contributed by atoms with Gasteiger partial charge in [0.1, 0.15) is 5.25 Å². The Morgan fingerprint density at radius 2 is 2.08 bits per heavy atom. The van der Waals surface area contributed by atoms with E-state index in [4.69, 9.17) is 23.2 Å². The molecule has 0 spiro atoms. The fourth-order valence-electron chi connectivity index (χ4n) is 1.04. The van der Waals surface area contributed by atoms with E-state index in [-0.39, 0.29) is 0 Å². The van der Waals surface area contributed by atoms with Crippen molar-refractivity contribution in [2.75, 3.05) is 0 Å². The van der Waals surface area contributed by atoms with Crippen molar-refractivity contribution in [1.82, 2.24) is 0 Å². The highest BCUT2D eigenvalue weighted by Gasteiger charge is 2.08. The molecule has 1 unspecified atom stereocenters. The van der Waals surface area contributed by atoms with Gasteiger partial charge in [0.2, 0.25) is 0 Å². The van der Waals surface area contributed by atoms with E-state index in [0.717, 1.165) is 12.0 Å². The third-order valence-corrected chi connectivity index (χ3v) is 2.62. The van der Waals surface area contributed by atoms with E-state index in [1.165, 1.54) is 0 Å². The van der Waals surface area contributed by atoms with Crippen LogP contribution in [0.1, 0.15) is 12.5 Å². The normalized spacial score (nSPS) is 13.0. The Kier molecular flexibility index (Phi) is 3.76. The van der Waals surface area contributed by atoms with Gasteiger partial charge in [0, 0.05) is 6.42 Å². The highest BCUT2D eigenvalue weighted by molar-refractivity contribution is 7.59. The summed E-state index contributed by atoms with van der Waals surface area (Å²) in [5, 5.41) is 1.71. The van der Waals surface area contributed by atoms with Crippen molar-refractivity contribution in [3.8, 4) is 0 Å². The van der Waals surface area contributed by atoms with Gasteiger partial charge >= 0.3 is 0 Å². The first-order chi connectivity index (χ1) is 5.61. The fraction of sp³-hybridized carbons (Fsp3) is 0.333. The zero-order chi connectivity index (χ0) is 9.14. The predicted octanol–water partition coefficient (Wildman–Crippen LogP) is 2.94. The molecule has 12 heavy (non-hydrogen) atoms. The molecule has 0 aliphatic carbocycles. The molecule has 1 aromatic rings. The van der Waals surface area contributed by atoms with Crippen LogP contribution in [0.5, 0.6) is 0 Å². The van der Waals surface area contributed by atoms with Gasteiger partial charge in [-0.1, -0.05) is 35.3 Å². The second-order valence-corrected chi connectivity index (χ2v) is 4.59. The van der Waals surface area contributed by atoms with Crippen molar-refractivity contribution in [3.05, 3.63) is 33.8 Å². The van der Waals surface area contributed by atoms with Gasteiger partial charge in [-0.25, -0.2) is 0 Å². The molecule has 1 rings (SSSR count). The van der Waals surface area contributed by atoms with Crippen LogP contribution in [0.15, 0.2) is 18.2 Å². The van der Waals surface area contributed by atoms with Crippen LogP contribution in [-0.2, 0) is 19.0 Å². The standard InChI is InChI=1S/C9H10Cl2S/c1-6(12)5-7-3-2-4-8(10)9(7)11/h2-4,6,12H,5H2,1H3/p+1. The lowest BCUT2D eigenvalue weighted by Gasteiger charge is -2.04. The molecule has 0 aliphatic rings. The van der Waals surface area contributed by atoms with Gasteiger partial charge in [0.25, 0.3) is 0 Å². The minimum atomic E-state index is 0.418. The molecule has 1 aromatic carbocycles. The summed E-state index contributed by atoms with van der Waals surface area (Å²) in [4.78, 5) is 0. The average Bonchev–Trinajstić information content (AvgIpc) is 1.98. The number of halogens is 2. The molecular weight excluding hydrogens is 211 g/mol. The molecule has 0 amide bonds. The second-order valence-electron chi connectivity index (χ2n) is 2.82. The van der Waals surface area contributed by atoms with Crippen LogP contribution in [0.2, 0.25) is 10.0 Å². The zero-order valence-electron chi connectivity index (χ0n) is 6.77.